The van der Waals surface area contributed by atoms with E-state index in [-0.39, 0.29) is 34.0 Å². The van der Waals surface area contributed by atoms with Crippen LogP contribution in [-0.4, -0.2) is 8.80 Å². The summed E-state index contributed by atoms with van der Waals surface area (Å²) in [7, 11) is -0.849. The Labute approximate surface area is 180 Å². The standard InChI is InChI=1S/C20H26Si.2BrH.Hf/c1-14-19-10-6-5-9-17(19)13-20(14)21(2)18-11-15-7-3-4-8-16(15)12-18;;;/h11-13,21H,3-10H2,1-2H3;2*1H;/q;;;+2/p-2. The van der Waals surface area contributed by atoms with Gasteiger partial charge in [-0.15, -0.1) is 0 Å². The second-order valence-corrected chi connectivity index (χ2v) is 17.6. The topological polar surface area (TPSA) is 0 Å². The van der Waals surface area contributed by atoms with Crippen molar-refractivity contribution in [3.05, 3.63) is 44.8 Å². The van der Waals surface area contributed by atoms with E-state index in [2.05, 4.69) is 25.6 Å². The van der Waals surface area contributed by atoms with Crippen LogP contribution in [0.3, 0.4) is 0 Å². The zero-order chi connectivity index (χ0) is 14.9. The van der Waals surface area contributed by atoms with Crippen LogP contribution in [-0.2, 0) is 22.9 Å². The fraction of sp³-hybridized carbons (Fsp3) is 0.600. The molecule has 0 nitrogen and oxygen atoms in total. The predicted molar refractivity (Wildman–Crippen MR) is 92.3 cm³/mol. The molecule has 5 rings (SSSR count). The molecule has 128 valence electrons. The summed E-state index contributed by atoms with van der Waals surface area (Å²) in [5, 5.41) is 3.99. The summed E-state index contributed by atoms with van der Waals surface area (Å²) in [6, 6.07) is 0. The number of allylic oxidation sites excluding steroid dienone is 8. The van der Waals surface area contributed by atoms with Crippen LogP contribution >= 0.6 is 0 Å². The smallest absolute Gasteiger partial charge is 1.00 e. The Balaban J connectivity index is 0.000000845. The van der Waals surface area contributed by atoms with Crippen LogP contribution < -0.4 is 34.0 Å². The number of hydrogen-bond donors (Lipinski definition) is 0. The second kappa shape index (κ2) is 7.20. The molecule has 0 aromatic carbocycles. The van der Waals surface area contributed by atoms with Crippen molar-refractivity contribution >= 4 is 8.80 Å². The van der Waals surface area contributed by atoms with Gasteiger partial charge in [0.1, 0.15) is 0 Å². The molecule has 1 fully saturated rings. The Morgan fingerprint density at radius 1 is 0.958 bits per heavy atom. The zero-order valence-electron chi connectivity index (χ0n) is 14.7. The average Bonchev–Trinajstić information content (AvgIpc) is 3.04. The zero-order valence-corrected chi connectivity index (χ0v) is 22.6. The molecule has 0 aromatic rings. The average molecular weight is 633 g/mol. The Kier molecular flexibility index (Phi) is 5.93. The first-order valence-corrected chi connectivity index (χ1v) is 15.5. The monoisotopic (exact) mass is 632 g/mol. The third-order valence-electron chi connectivity index (χ3n) is 7.00. The second-order valence-electron chi connectivity index (χ2n) is 8.14. The summed E-state index contributed by atoms with van der Waals surface area (Å²) < 4.78 is 1.71. The summed E-state index contributed by atoms with van der Waals surface area (Å²) in [6.07, 6.45) is 17.0. The molecule has 1 heterocycles. The van der Waals surface area contributed by atoms with Crippen molar-refractivity contribution in [2.45, 2.75) is 71.7 Å². The molecule has 4 aliphatic carbocycles. The summed E-state index contributed by atoms with van der Waals surface area (Å²) in [5.74, 6) is 0. The van der Waals surface area contributed by atoms with Gasteiger partial charge in [-0.1, -0.05) is 0 Å². The molecule has 1 aliphatic heterocycles. The van der Waals surface area contributed by atoms with Gasteiger partial charge in [0.15, 0.2) is 0 Å². The summed E-state index contributed by atoms with van der Waals surface area (Å²) in [4.78, 5) is 0. The molecule has 4 heteroatoms. The first-order chi connectivity index (χ1) is 10.7. The Hall–Kier alpha value is 1.01. The molecule has 0 bridgehead atoms. The molecule has 0 amide bonds. The van der Waals surface area contributed by atoms with E-state index in [1.54, 1.807) is 0 Å². The number of halogens is 2. The molecule has 0 N–H and O–H groups in total. The summed E-state index contributed by atoms with van der Waals surface area (Å²) >= 11 is -0.721. The van der Waals surface area contributed by atoms with Gasteiger partial charge >= 0.3 is 148 Å². The minimum Gasteiger partial charge on any atom is -1.00 e. The van der Waals surface area contributed by atoms with Gasteiger partial charge in [-0.3, -0.25) is 0 Å². The third-order valence-corrected chi connectivity index (χ3v) is 20.1. The third kappa shape index (κ3) is 2.72. The van der Waals surface area contributed by atoms with E-state index < -0.39 is 31.7 Å². The fourth-order valence-corrected chi connectivity index (χ4v) is 22.5. The van der Waals surface area contributed by atoms with Gasteiger partial charge in [-0.2, -0.15) is 0 Å². The van der Waals surface area contributed by atoms with Crippen LogP contribution in [0, 0.1) is 0 Å². The molecular weight excluding hydrogens is 607 g/mol. The van der Waals surface area contributed by atoms with Gasteiger partial charge < -0.3 is 34.0 Å². The van der Waals surface area contributed by atoms with Crippen LogP contribution in [0.5, 0.6) is 0 Å². The normalized spacial score (nSPS) is 35.9. The molecule has 1 saturated heterocycles. The van der Waals surface area contributed by atoms with Crippen LogP contribution in [0.2, 0.25) is 13.4 Å². The number of hydrogen-bond acceptors (Lipinski definition) is 0. The van der Waals surface area contributed by atoms with E-state index in [0.29, 0.717) is 3.17 Å². The van der Waals surface area contributed by atoms with E-state index in [0.717, 1.165) is 3.67 Å². The van der Waals surface area contributed by atoms with Gasteiger partial charge in [-0.25, -0.2) is 0 Å². The minimum atomic E-state index is -0.849. The molecule has 3 atom stereocenters. The van der Waals surface area contributed by atoms with Crippen LogP contribution in [0.4, 0.5) is 0 Å². The van der Waals surface area contributed by atoms with E-state index in [4.69, 9.17) is 0 Å². The Bertz CT molecular complexity index is 688. The van der Waals surface area contributed by atoms with E-state index in [9.17, 15) is 0 Å². The van der Waals surface area contributed by atoms with Crippen molar-refractivity contribution < 1.29 is 56.9 Å². The molecule has 0 aromatic heterocycles. The van der Waals surface area contributed by atoms with E-state index in [1.807, 2.05) is 32.7 Å². The predicted octanol–water partition coefficient (Wildman–Crippen LogP) is -0.386. The van der Waals surface area contributed by atoms with Crippen molar-refractivity contribution in [3.63, 3.8) is 0 Å². The van der Waals surface area contributed by atoms with Crippen molar-refractivity contribution in [2.75, 3.05) is 0 Å². The molecule has 0 radical (unpaired) electrons. The largest absolute Gasteiger partial charge is 1.00 e. The van der Waals surface area contributed by atoms with Gasteiger partial charge in [0.05, 0.1) is 0 Å². The number of rotatable bonds is 0. The van der Waals surface area contributed by atoms with Gasteiger partial charge in [0.2, 0.25) is 0 Å². The maximum absolute atomic E-state index is 2.74. The summed E-state index contributed by atoms with van der Waals surface area (Å²) in [6.45, 7) is 5.37. The van der Waals surface area contributed by atoms with Crippen LogP contribution in [0.15, 0.2) is 44.8 Å². The first-order valence-electron chi connectivity index (χ1n) is 9.34. The van der Waals surface area contributed by atoms with Crippen molar-refractivity contribution in [1.82, 2.24) is 0 Å². The van der Waals surface area contributed by atoms with Crippen LogP contribution in [0.1, 0.15) is 58.3 Å². The first kappa shape index (κ1) is 19.8. The molecule has 3 unspecified atom stereocenters. The van der Waals surface area contributed by atoms with Crippen molar-refractivity contribution in [2.24, 2.45) is 0 Å². The molecule has 24 heavy (non-hydrogen) atoms. The van der Waals surface area contributed by atoms with Crippen molar-refractivity contribution in [1.29, 1.82) is 0 Å². The van der Waals surface area contributed by atoms with Gasteiger partial charge in [0.25, 0.3) is 0 Å². The van der Waals surface area contributed by atoms with E-state index >= 15 is 0 Å². The molecule has 0 spiro atoms. The maximum atomic E-state index is 2.74. The van der Waals surface area contributed by atoms with Crippen LogP contribution in [0.25, 0.3) is 0 Å². The molecule has 5 aliphatic rings. The molecular formula is C20H26Br2HfSi. The number of fused-ring (bicyclic) bond motifs is 4. The molecule has 0 saturated carbocycles. The van der Waals surface area contributed by atoms with Gasteiger partial charge in [0, 0.05) is 0 Å². The maximum Gasteiger partial charge on any atom is -1.00 e. The van der Waals surface area contributed by atoms with E-state index in [1.165, 1.54) is 51.4 Å². The fourth-order valence-electron chi connectivity index (χ4n) is 5.84. The van der Waals surface area contributed by atoms with Gasteiger partial charge in [-0.05, 0) is 0 Å². The van der Waals surface area contributed by atoms with Crippen molar-refractivity contribution in [3.8, 4) is 0 Å². The minimum absolute atomic E-state index is 0. The quantitative estimate of drug-likeness (QED) is 0.320. The Morgan fingerprint density at radius 3 is 2.42 bits per heavy atom. The Morgan fingerprint density at radius 2 is 1.62 bits per heavy atom. The summed E-state index contributed by atoms with van der Waals surface area (Å²) in [5.41, 5.74) is 7.56. The SMILES string of the molecule is C[SiH]1C2=CC3=C(CCCC3)[CH]2[Hf+2][C]2(C)C1=CC1=C2CCCC1.[Br-].[Br-].